The highest BCUT2D eigenvalue weighted by atomic mass is 32.2. The summed E-state index contributed by atoms with van der Waals surface area (Å²) >= 11 is 0. The van der Waals surface area contributed by atoms with Crippen molar-refractivity contribution < 1.29 is 13.2 Å². The molecule has 1 aromatic carbocycles. The minimum Gasteiger partial charge on any atom is -0.368 e. The highest BCUT2D eigenvalue weighted by Crippen LogP contribution is 2.18. The van der Waals surface area contributed by atoms with Gasteiger partial charge in [-0.3, -0.25) is 4.79 Å². The van der Waals surface area contributed by atoms with Crippen LogP contribution in [-0.2, 0) is 14.8 Å². The Balaban J connectivity index is 1.92. The first-order chi connectivity index (χ1) is 12.2. The SMILES string of the molecule is Cc1cccc(N2CCN(C(=O)CN(CCC(C)C)S(C)(=O)=O)CC2)c1. The van der Waals surface area contributed by atoms with Crippen LogP contribution >= 0.6 is 0 Å². The summed E-state index contributed by atoms with van der Waals surface area (Å²) in [6.07, 6.45) is 1.93. The van der Waals surface area contributed by atoms with E-state index in [9.17, 15) is 13.2 Å². The molecular weight excluding hydrogens is 350 g/mol. The van der Waals surface area contributed by atoms with Gasteiger partial charge in [-0.1, -0.05) is 26.0 Å². The van der Waals surface area contributed by atoms with Crippen LogP contribution in [0.1, 0.15) is 25.8 Å². The van der Waals surface area contributed by atoms with Gasteiger partial charge in [0.2, 0.25) is 15.9 Å². The average molecular weight is 382 g/mol. The lowest BCUT2D eigenvalue weighted by molar-refractivity contribution is -0.131. The lowest BCUT2D eigenvalue weighted by Crippen LogP contribution is -2.52. The first kappa shape index (κ1) is 20.7. The molecule has 0 aromatic heterocycles. The van der Waals surface area contributed by atoms with Crippen molar-refractivity contribution in [2.75, 3.05) is 50.4 Å². The number of benzene rings is 1. The number of amides is 1. The van der Waals surface area contributed by atoms with E-state index in [1.165, 1.54) is 21.8 Å². The predicted octanol–water partition coefficient (Wildman–Crippen LogP) is 1.95. The number of carbonyl (C=O) groups is 1. The van der Waals surface area contributed by atoms with Crippen molar-refractivity contribution in [3.63, 3.8) is 0 Å². The molecule has 1 aliphatic rings. The highest BCUT2D eigenvalue weighted by molar-refractivity contribution is 7.88. The molecule has 2 rings (SSSR count). The minimum atomic E-state index is -3.38. The van der Waals surface area contributed by atoms with Gasteiger partial charge in [0.15, 0.2) is 0 Å². The third kappa shape index (κ3) is 5.99. The van der Waals surface area contributed by atoms with Crippen molar-refractivity contribution in [2.45, 2.75) is 27.2 Å². The molecule has 0 spiro atoms. The Kier molecular flexibility index (Phi) is 7.06. The number of nitrogens with zero attached hydrogens (tertiary/aromatic N) is 3. The molecule has 1 saturated heterocycles. The van der Waals surface area contributed by atoms with Crippen molar-refractivity contribution in [3.8, 4) is 0 Å². The van der Waals surface area contributed by atoms with Gasteiger partial charge in [0.1, 0.15) is 0 Å². The molecule has 1 amide bonds. The van der Waals surface area contributed by atoms with E-state index in [1.807, 2.05) is 19.9 Å². The molecule has 0 atom stereocenters. The molecule has 1 heterocycles. The molecule has 146 valence electrons. The summed E-state index contributed by atoms with van der Waals surface area (Å²) < 4.78 is 25.3. The number of sulfonamides is 1. The average Bonchev–Trinajstić information content (AvgIpc) is 2.57. The maximum Gasteiger partial charge on any atom is 0.238 e. The number of aryl methyl sites for hydroxylation is 1. The first-order valence-electron chi connectivity index (χ1n) is 9.21. The first-order valence-corrected chi connectivity index (χ1v) is 11.1. The van der Waals surface area contributed by atoms with E-state index >= 15 is 0 Å². The molecule has 1 aromatic rings. The van der Waals surface area contributed by atoms with Crippen LogP contribution in [0.3, 0.4) is 0 Å². The maximum absolute atomic E-state index is 12.6. The van der Waals surface area contributed by atoms with Crippen molar-refractivity contribution in [3.05, 3.63) is 29.8 Å². The fraction of sp³-hybridized carbons (Fsp3) is 0.632. The summed E-state index contributed by atoms with van der Waals surface area (Å²) in [5.41, 5.74) is 2.39. The largest absolute Gasteiger partial charge is 0.368 e. The zero-order chi connectivity index (χ0) is 19.3. The van der Waals surface area contributed by atoms with Gasteiger partial charge in [-0.05, 0) is 37.0 Å². The highest BCUT2D eigenvalue weighted by Gasteiger charge is 2.26. The summed E-state index contributed by atoms with van der Waals surface area (Å²) in [4.78, 5) is 16.6. The number of anilines is 1. The zero-order valence-corrected chi connectivity index (χ0v) is 17.1. The molecule has 0 saturated carbocycles. The number of carbonyl (C=O) groups excluding carboxylic acids is 1. The molecule has 6 nitrogen and oxygen atoms in total. The lowest BCUT2D eigenvalue weighted by atomic mass is 10.1. The van der Waals surface area contributed by atoms with Crippen molar-refractivity contribution in [2.24, 2.45) is 5.92 Å². The van der Waals surface area contributed by atoms with Crippen LogP contribution in [-0.4, -0.2) is 69.1 Å². The van der Waals surface area contributed by atoms with E-state index in [0.29, 0.717) is 25.6 Å². The quantitative estimate of drug-likeness (QED) is 0.724. The van der Waals surface area contributed by atoms with Gasteiger partial charge in [0, 0.05) is 38.4 Å². The lowest BCUT2D eigenvalue weighted by Gasteiger charge is -2.37. The number of hydrogen-bond acceptors (Lipinski definition) is 4. The predicted molar refractivity (Wildman–Crippen MR) is 106 cm³/mol. The molecule has 0 unspecified atom stereocenters. The van der Waals surface area contributed by atoms with Crippen LogP contribution in [0, 0.1) is 12.8 Å². The van der Waals surface area contributed by atoms with Crippen molar-refractivity contribution in [1.29, 1.82) is 0 Å². The summed E-state index contributed by atoms with van der Waals surface area (Å²) in [6, 6.07) is 8.34. The summed E-state index contributed by atoms with van der Waals surface area (Å²) in [5, 5.41) is 0. The Morgan fingerprint density at radius 1 is 1.19 bits per heavy atom. The monoisotopic (exact) mass is 381 g/mol. The second-order valence-corrected chi connectivity index (χ2v) is 9.47. The van der Waals surface area contributed by atoms with Crippen molar-refractivity contribution in [1.82, 2.24) is 9.21 Å². The van der Waals surface area contributed by atoms with Gasteiger partial charge in [-0.15, -0.1) is 0 Å². The fourth-order valence-corrected chi connectivity index (χ4v) is 3.84. The van der Waals surface area contributed by atoms with Crippen LogP contribution in [0.4, 0.5) is 5.69 Å². The summed E-state index contributed by atoms with van der Waals surface area (Å²) in [7, 11) is -3.38. The van der Waals surface area contributed by atoms with Gasteiger partial charge < -0.3 is 9.80 Å². The van der Waals surface area contributed by atoms with E-state index in [2.05, 4.69) is 30.0 Å². The van der Waals surface area contributed by atoms with Crippen LogP contribution < -0.4 is 4.90 Å². The van der Waals surface area contributed by atoms with Crippen LogP contribution in [0.15, 0.2) is 24.3 Å². The third-order valence-electron chi connectivity index (χ3n) is 4.74. The van der Waals surface area contributed by atoms with Crippen LogP contribution in [0.2, 0.25) is 0 Å². The molecule has 0 radical (unpaired) electrons. The summed E-state index contributed by atoms with van der Waals surface area (Å²) in [5.74, 6) is 0.287. The topological polar surface area (TPSA) is 60.9 Å². The Morgan fingerprint density at radius 2 is 1.85 bits per heavy atom. The number of rotatable bonds is 7. The Bertz CT molecular complexity index is 710. The second kappa shape index (κ2) is 8.86. The molecule has 26 heavy (non-hydrogen) atoms. The van der Waals surface area contributed by atoms with Gasteiger partial charge in [0.05, 0.1) is 12.8 Å². The Morgan fingerprint density at radius 3 is 2.38 bits per heavy atom. The number of hydrogen-bond donors (Lipinski definition) is 0. The molecule has 0 N–H and O–H groups in total. The summed E-state index contributed by atoms with van der Waals surface area (Å²) in [6.45, 7) is 9.27. The Hall–Kier alpha value is -1.60. The minimum absolute atomic E-state index is 0.0595. The van der Waals surface area contributed by atoms with E-state index in [0.717, 1.165) is 19.5 Å². The van der Waals surface area contributed by atoms with Gasteiger partial charge in [-0.2, -0.15) is 4.31 Å². The standard InChI is InChI=1S/C19H31N3O3S/c1-16(2)8-9-22(26(4,24)25)15-19(23)21-12-10-20(11-13-21)18-7-5-6-17(3)14-18/h5-7,14,16H,8-13,15H2,1-4H3. The maximum atomic E-state index is 12.6. The van der Waals surface area contributed by atoms with E-state index in [4.69, 9.17) is 0 Å². The van der Waals surface area contributed by atoms with Crippen LogP contribution in [0.5, 0.6) is 0 Å². The molecule has 0 bridgehead atoms. The fourth-order valence-electron chi connectivity index (χ4n) is 3.05. The van der Waals surface area contributed by atoms with Crippen LogP contribution in [0.25, 0.3) is 0 Å². The van der Waals surface area contributed by atoms with Gasteiger partial charge >= 0.3 is 0 Å². The molecule has 7 heteroatoms. The number of piperazine rings is 1. The normalized spacial score (nSPS) is 15.8. The smallest absolute Gasteiger partial charge is 0.238 e. The third-order valence-corrected chi connectivity index (χ3v) is 5.99. The molecule has 1 aliphatic heterocycles. The Labute approximate surface area is 157 Å². The van der Waals surface area contributed by atoms with E-state index < -0.39 is 10.0 Å². The molecule has 0 aliphatic carbocycles. The zero-order valence-electron chi connectivity index (χ0n) is 16.3. The van der Waals surface area contributed by atoms with E-state index in [1.54, 1.807) is 4.90 Å². The molecular formula is C19H31N3O3S. The van der Waals surface area contributed by atoms with E-state index in [-0.39, 0.29) is 12.5 Å². The van der Waals surface area contributed by atoms with Crippen molar-refractivity contribution >= 4 is 21.6 Å². The van der Waals surface area contributed by atoms with Gasteiger partial charge in [-0.25, -0.2) is 8.42 Å². The van der Waals surface area contributed by atoms with Gasteiger partial charge in [0.25, 0.3) is 0 Å². The molecule has 1 fully saturated rings. The second-order valence-electron chi connectivity index (χ2n) is 7.49.